The molecule has 0 saturated heterocycles. The summed E-state index contributed by atoms with van der Waals surface area (Å²) in [6.45, 7) is 16.1. The lowest BCUT2D eigenvalue weighted by atomic mass is 10.1. The summed E-state index contributed by atoms with van der Waals surface area (Å²) >= 11 is 0. The Morgan fingerprint density at radius 2 is 1.75 bits per heavy atom. The molecule has 74 valence electrons. The largest absolute Gasteiger partial charge is 0.345 e. The summed E-state index contributed by atoms with van der Waals surface area (Å²) < 4.78 is 0. The third kappa shape index (κ3) is 4.73. The number of nitrogens with two attached hydrogens (primary N) is 1. The molecule has 0 unspecified atom stereocenters. The third-order valence-corrected chi connectivity index (χ3v) is 2.22. The molecule has 2 nitrogen and oxygen atoms in total. The van der Waals surface area contributed by atoms with Crippen molar-refractivity contribution in [1.82, 2.24) is 4.90 Å². The van der Waals surface area contributed by atoms with E-state index in [0.717, 1.165) is 6.54 Å². The summed E-state index contributed by atoms with van der Waals surface area (Å²) in [6, 6.07) is 0. The van der Waals surface area contributed by atoms with Crippen LogP contribution in [0.4, 0.5) is 0 Å². The van der Waals surface area contributed by atoms with Crippen molar-refractivity contribution >= 4 is 0 Å². The minimum atomic E-state index is 0.330. The molecule has 0 bridgehead atoms. The molecule has 0 radical (unpaired) electrons. The molecule has 0 aliphatic rings. The molecule has 0 rings (SSSR count). The number of nitrogens with zero attached hydrogens (tertiary/aromatic N) is 1. The number of rotatable bonds is 5. The monoisotopic (exact) mass is 173 g/mol. The molecule has 0 aromatic carbocycles. The lowest BCUT2D eigenvalue weighted by Gasteiger charge is -2.33. The van der Waals surface area contributed by atoms with Gasteiger partial charge in [-0.25, -0.2) is 0 Å². The maximum absolute atomic E-state index is 2.51. The fraction of sp³-hybridized carbons (Fsp3) is 1.00. The van der Waals surface area contributed by atoms with Crippen molar-refractivity contribution in [3.63, 3.8) is 0 Å². The third-order valence-electron chi connectivity index (χ3n) is 2.22. The Hall–Kier alpha value is -0.0800. The van der Waals surface area contributed by atoms with Gasteiger partial charge in [0.15, 0.2) is 0 Å². The Bertz CT molecular complexity index is 105. The van der Waals surface area contributed by atoms with E-state index in [2.05, 4.69) is 44.8 Å². The van der Waals surface area contributed by atoms with Gasteiger partial charge in [-0.05, 0) is 34.2 Å². The summed E-state index contributed by atoms with van der Waals surface area (Å²) in [7, 11) is 0. The highest BCUT2D eigenvalue weighted by molar-refractivity contribution is 4.74. The summed E-state index contributed by atoms with van der Waals surface area (Å²) in [4.78, 5) is 2.51. The van der Waals surface area contributed by atoms with Crippen LogP contribution < -0.4 is 5.32 Å². The molecule has 0 fully saturated rings. The van der Waals surface area contributed by atoms with E-state index in [1.807, 2.05) is 0 Å². The van der Waals surface area contributed by atoms with Crippen molar-refractivity contribution < 1.29 is 5.32 Å². The Labute approximate surface area is 77.3 Å². The molecule has 2 N–H and O–H groups in total. The van der Waals surface area contributed by atoms with Gasteiger partial charge in [-0.2, -0.15) is 0 Å². The fourth-order valence-corrected chi connectivity index (χ4v) is 1.42. The van der Waals surface area contributed by atoms with Crippen LogP contribution in [0.25, 0.3) is 0 Å². The maximum Gasteiger partial charge on any atom is 0.0884 e. The van der Waals surface area contributed by atoms with Gasteiger partial charge >= 0.3 is 0 Å². The van der Waals surface area contributed by atoms with Crippen molar-refractivity contribution in [2.45, 2.75) is 40.2 Å². The fourth-order valence-electron chi connectivity index (χ4n) is 1.42. The quantitative estimate of drug-likeness (QED) is 0.606. The molecule has 0 atom stereocenters. The molecule has 0 heterocycles. The van der Waals surface area contributed by atoms with Crippen molar-refractivity contribution in [2.75, 3.05) is 26.2 Å². The van der Waals surface area contributed by atoms with Crippen molar-refractivity contribution in [2.24, 2.45) is 0 Å². The molecule has 2 heteroatoms. The maximum atomic E-state index is 2.51. The summed E-state index contributed by atoms with van der Waals surface area (Å²) in [5, 5.41) is 2.36. The van der Waals surface area contributed by atoms with E-state index in [1.54, 1.807) is 0 Å². The van der Waals surface area contributed by atoms with E-state index in [9.17, 15) is 0 Å². The second-order valence-electron chi connectivity index (χ2n) is 4.24. The Morgan fingerprint density at radius 3 is 2.08 bits per heavy atom. The SMILES string of the molecule is CC[NH2+]CCN(CC)C(C)(C)C. The molecule has 0 aromatic rings. The van der Waals surface area contributed by atoms with Crippen molar-refractivity contribution in [3.8, 4) is 0 Å². The minimum Gasteiger partial charge on any atom is -0.345 e. The normalized spacial score (nSPS) is 12.5. The van der Waals surface area contributed by atoms with Gasteiger partial charge in [0.25, 0.3) is 0 Å². The van der Waals surface area contributed by atoms with Gasteiger partial charge in [-0.15, -0.1) is 0 Å². The highest BCUT2D eigenvalue weighted by Crippen LogP contribution is 2.10. The number of quaternary nitrogens is 1. The number of hydrogen-bond donors (Lipinski definition) is 1. The molecule has 0 saturated carbocycles. The lowest BCUT2D eigenvalue weighted by molar-refractivity contribution is -0.651. The molecular weight excluding hydrogens is 148 g/mol. The first-order valence-electron chi connectivity index (χ1n) is 5.09. The summed E-state index contributed by atoms with van der Waals surface area (Å²) in [6.07, 6.45) is 0. The van der Waals surface area contributed by atoms with Crippen LogP contribution in [0.15, 0.2) is 0 Å². The van der Waals surface area contributed by atoms with E-state index >= 15 is 0 Å². The first-order chi connectivity index (χ1) is 5.52. The average Bonchev–Trinajstić information content (AvgIpc) is 1.95. The van der Waals surface area contributed by atoms with Crippen LogP contribution >= 0.6 is 0 Å². The summed E-state index contributed by atoms with van der Waals surface area (Å²) in [5.74, 6) is 0. The van der Waals surface area contributed by atoms with Gasteiger partial charge in [0.2, 0.25) is 0 Å². The van der Waals surface area contributed by atoms with Crippen molar-refractivity contribution in [3.05, 3.63) is 0 Å². The Kier molecular flexibility index (Phi) is 5.51. The second-order valence-corrected chi connectivity index (χ2v) is 4.24. The van der Waals surface area contributed by atoms with Crippen LogP contribution in [0.2, 0.25) is 0 Å². The van der Waals surface area contributed by atoms with E-state index in [4.69, 9.17) is 0 Å². The van der Waals surface area contributed by atoms with Gasteiger partial charge in [0.05, 0.1) is 13.1 Å². The number of likely N-dealkylation sites (N-methyl/N-ethyl adjacent to an activating group) is 2. The second kappa shape index (κ2) is 5.55. The predicted molar refractivity (Wildman–Crippen MR) is 54.3 cm³/mol. The van der Waals surface area contributed by atoms with E-state index in [0.29, 0.717) is 5.54 Å². The first-order valence-corrected chi connectivity index (χ1v) is 5.09. The zero-order valence-corrected chi connectivity index (χ0v) is 9.35. The topological polar surface area (TPSA) is 19.9 Å². The zero-order valence-electron chi connectivity index (χ0n) is 9.35. The molecular formula is C10H25N2+. The molecule has 0 aliphatic heterocycles. The smallest absolute Gasteiger partial charge is 0.0884 e. The van der Waals surface area contributed by atoms with Crippen LogP contribution in [0.3, 0.4) is 0 Å². The summed E-state index contributed by atoms with van der Waals surface area (Å²) in [5.41, 5.74) is 0.330. The van der Waals surface area contributed by atoms with E-state index in [1.165, 1.54) is 19.6 Å². The van der Waals surface area contributed by atoms with Crippen LogP contribution in [-0.4, -0.2) is 36.6 Å². The van der Waals surface area contributed by atoms with E-state index in [-0.39, 0.29) is 0 Å². The highest BCUT2D eigenvalue weighted by atomic mass is 15.2. The van der Waals surface area contributed by atoms with Gasteiger partial charge in [-0.3, -0.25) is 4.90 Å². The van der Waals surface area contributed by atoms with Gasteiger partial charge in [-0.1, -0.05) is 6.92 Å². The molecule has 0 aromatic heterocycles. The van der Waals surface area contributed by atoms with Crippen LogP contribution in [0, 0.1) is 0 Å². The molecule has 0 aliphatic carbocycles. The lowest BCUT2D eigenvalue weighted by Crippen LogP contribution is -2.85. The number of hydrogen-bond acceptors (Lipinski definition) is 1. The van der Waals surface area contributed by atoms with Gasteiger partial charge in [0, 0.05) is 12.1 Å². The predicted octanol–water partition coefficient (Wildman–Crippen LogP) is 0.690. The Morgan fingerprint density at radius 1 is 1.17 bits per heavy atom. The average molecular weight is 173 g/mol. The molecule has 0 amide bonds. The van der Waals surface area contributed by atoms with Crippen molar-refractivity contribution in [1.29, 1.82) is 0 Å². The van der Waals surface area contributed by atoms with Gasteiger partial charge < -0.3 is 5.32 Å². The standard InChI is InChI=1S/C10H24N2/c1-6-11-8-9-12(7-2)10(3,4)5/h11H,6-9H2,1-5H3/p+1. The highest BCUT2D eigenvalue weighted by Gasteiger charge is 2.18. The molecule has 0 spiro atoms. The van der Waals surface area contributed by atoms with E-state index < -0.39 is 0 Å². The zero-order chi connectivity index (χ0) is 9.61. The minimum absolute atomic E-state index is 0.330. The van der Waals surface area contributed by atoms with Gasteiger partial charge in [0.1, 0.15) is 0 Å². The first kappa shape index (κ1) is 11.9. The van der Waals surface area contributed by atoms with Crippen LogP contribution in [0.5, 0.6) is 0 Å². The molecule has 12 heavy (non-hydrogen) atoms. The van der Waals surface area contributed by atoms with Crippen LogP contribution in [-0.2, 0) is 0 Å². The Balaban J connectivity index is 3.68. The van der Waals surface area contributed by atoms with Crippen LogP contribution in [0.1, 0.15) is 34.6 Å².